The van der Waals surface area contributed by atoms with Crippen LogP contribution in [0.3, 0.4) is 0 Å². The summed E-state index contributed by atoms with van der Waals surface area (Å²) in [7, 11) is 0. The zero-order chi connectivity index (χ0) is 19.0. The lowest BCUT2D eigenvalue weighted by atomic mass is 9.53. The molecule has 1 amide bonds. The van der Waals surface area contributed by atoms with Crippen LogP contribution in [0.2, 0.25) is 0 Å². The monoisotopic (exact) mass is 386 g/mol. The zero-order valence-electron chi connectivity index (χ0n) is 16.3. The number of hydrogen-bond acceptors (Lipinski definition) is 3. The Balaban J connectivity index is 1.25. The van der Waals surface area contributed by atoms with E-state index in [-0.39, 0.29) is 18.1 Å². The smallest absolute Gasteiger partial charge is 0.264 e. The summed E-state index contributed by atoms with van der Waals surface area (Å²) in [6.45, 7) is 4.28. The molecule has 0 atom stereocenters. The first kappa shape index (κ1) is 18.7. The highest BCUT2D eigenvalue weighted by Crippen LogP contribution is 2.55. The Kier molecular flexibility index (Phi) is 5.15. The summed E-state index contributed by atoms with van der Waals surface area (Å²) in [5, 5.41) is 6.79. The predicted octanol–water partition coefficient (Wildman–Crippen LogP) is 4.15. The molecule has 27 heavy (non-hydrogen) atoms. The van der Waals surface area contributed by atoms with Gasteiger partial charge in [-0.1, -0.05) is 26.0 Å². The number of carbonyl (C=O) groups excluding carboxylic acids is 1. The van der Waals surface area contributed by atoms with Crippen LogP contribution in [-0.4, -0.2) is 23.2 Å². The Bertz CT molecular complexity index is 678. The second-order valence-electron chi connectivity index (χ2n) is 9.21. The molecule has 0 saturated heterocycles. The maximum absolute atomic E-state index is 12.2. The third-order valence-corrected chi connectivity index (χ3v) is 6.79. The summed E-state index contributed by atoms with van der Waals surface area (Å²) in [5.41, 5.74) is 1.37. The van der Waals surface area contributed by atoms with Crippen LogP contribution in [-0.2, 0) is 4.79 Å². The van der Waals surface area contributed by atoms with Crippen LogP contribution < -0.4 is 15.4 Å². The van der Waals surface area contributed by atoms with E-state index in [0.29, 0.717) is 16.8 Å². The van der Waals surface area contributed by atoms with E-state index in [1.807, 2.05) is 24.3 Å². The molecule has 5 rings (SSSR count). The highest BCUT2D eigenvalue weighted by Gasteiger charge is 2.51. The van der Waals surface area contributed by atoms with Gasteiger partial charge in [0.1, 0.15) is 5.75 Å². The number of rotatable bonds is 5. The van der Waals surface area contributed by atoms with Crippen LogP contribution in [0.25, 0.3) is 0 Å². The molecule has 0 radical (unpaired) electrons. The van der Waals surface area contributed by atoms with Gasteiger partial charge in [-0.05, 0) is 92.1 Å². The minimum atomic E-state index is -0.204. The first-order valence-corrected chi connectivity index (χ1v) is 10.7. The number of carbonyl (C=O) groups is 1. The molecule has 4 aliphatic rings. The molecular formula is C22H30N2O2S. The van der Waals surface area contributed by atoms with E-state index in [2.05, 4.69) is 24.5 Å². The van der Waals surface area contributed by atoms with E-state index < -0.39 is 0 Å². The van der Waals surface area contributed by atoms with Crippen molar-refractivity contribution >= 4 is 23.2 Å². The van der Waals surface area contributed by atoms with Crippen molar-refractivity contribution < 1.29 is 9.53 Å². The number of thiocarbonyl (C=S) groups is 1. The fraction of sp³-hybridized carbons (Fsp3) is 0.636. The third kappa shape index (κ3) is 4.29. The largest absolute Gasteiger partial charge is 0.484 e. The normalized spacial score (nSPS) is 31.0. The Morgan fingerprint density at radius 2 is 1.67 bits per heavy atom. The van der Waals surface area contributed by atoms with Gasteiger partial charge in [0.05, 0.1) is 0 Å². The van der Waals surface area contributed by atoms with E-state index >= 15 is 0 Å². The van der Waals surface area contributed by atoms with E-state index in [1.54, 1.807) is 0 Å². The summed E-state index contributed by atoms with van der Waals surface area (Å²) in [5.74, 6) is 3.52. The minimum Gasteiger partial charge on any atom is -0.484 e. The summed E-state index contributed by atoms with van der Waals surface area (Å²) in [4.78, 5) is 12.2. The molecule has 4 fully saturated rings. The molecule has 2 N–H and O–H groups in total. The second-order valence-corrected chi connectivity index (χ2v) is 9.62. The maximum atomic E-state index is 12.2. The average molecular weight is 387 g/mol. The molecule has 146 valence electrons. The van der Waals surface area contributed by atoms with Crippen molar-refractivity contribution in [1.29, 1.82) is 0 Å². The van der Waals surface area contributed by atoms with Gasteiger partial charge in [-0.2, -0.15) is 0 Å². The van der Waals surface area contributed by atoms with Gasteiger partial charge in [-0.25, -0.2) is 0 Å². The molecule has 4 aliphatic carbocycles. The third-order valence-electron chi connectivity index (χ3n) is 6.59. The van der Waals surface area contributed by atoms with Crippen molar-refractivity contribution in [3.63, 3.8) is 0 Å². The molecule has 4 bridgehead atoms. The number of ether oxygens (including phenoxy) is 1. The predicted molar refractivity (Wildman–Crippen MR) is 111 cm³/mol. The lowest BCUT2D eigenvalue weighted by Gasteiger charge is -2.57. The van der Waals surface area contributed by atoms with E-state index in [0.717, 1.165) is 17.8 Å². The van der Waals surface area contributed by atoms with Crippen LogP contribution in [0, 0.1) is 17.8 Å². The van der Waals surface area contributed by atoms with Crippen molar-refractivity contribution in [3.05, 3.63) is 29.8 Å². The Hall–Kier alpha value is -1.62. The van der Waals surface area contributed by atoms with Crippen molar-refractivity contribution in [2.45, 2.75) is 63.8 Å². The van der Waals surface area contributed by atoms with Crippen molar-refractivity contribution in [2.24, 2.45) is 17.8 Å². The molecule has 5 heteroatoms. The number of nitrogens with one attached hydrogen (secondary N) is 2. The fourth-order valence-electron chi connectivity index (χ4n) is 5.80. The van der Waals surface area contributed by atoms with Gasteiger partial charge in [-0.15, -0.1) is 0 Å². The molecular weight excluding hydrogens is 356 g/mol. The molecule has 0 spiro atoms. The van der Waals surface area contributed by atoms with E-state index in [4.69, 9.17) is 17.0 Å². The fourth-order valence-corrected chi connectivity index (χ4v) is 6.13. The van der Waals surface area contributed by atoms with E-state index in [9.17, 15) is 4.79 Å². The quantitative estimate of drug-likeness (QED) is 0.747. The summed E-state index contributed by atoms with van der Waals surface area (Å²) in [6, 6.07) is 7.90. The lowest BCUT2D eigenvalue weighted by Crippen LogP contribution is -2.62. The summed E-state index contributed by atoms with van der Waals surface area (Å²) in [6.07, 6.45) is 7.78. The van der Waals surface area contributed by atoms with Crippen LogP contribution in [0.5, 0.6) is 5.75 Å². The highest BCUT2D eigenvalue weighted by atomic mass is 32.1. The van der Waals surface area contributed by atoms with Gasteiger partial charge >= 0.3 is 0 Å². The van der Waals surface area contributed by atoms with Gasteiger partial charge in [0, 0.05) is 5.54 Å². The molecule has 4 saturated carbocycles. The van der Waals surface area contributed by atoms with Gasteiger partial charge in [0.15, 0.2) is 11.7 Å². The van der Waals surface area contributed by atoms with Crippen LogP contribution in [0.4, 0.5) is 0 Å². The molecule has 1 aromatic carbocycles. The number of hydrogen-bond donors (Lipinski definition) is 2. The Labute approximate surface area is 167 Å². The summed E-state index contributed by atoms with van der Waals surface area (Å²) >= 11 is 5.44. The Morgan fingerprint density at radius 1 is 1.11 bits per heavy atom. The van der Waals surface area contributed by atoms with Crippen molar-refractivity contribution in [2.75, 3.05) is 6.61 Å². The maximum Gasteiger partial charge on any atom is 0.264 e. The summed E-state index contributed by atoms with van der Waals surface area (Å²) < 4.78 is 5.60. The van der Waals surface area contributed by atoms with Gasteiger partial charge in [0.2, 0.25) is 0 Å². The SMILES string of the molecule is CC(C)c1ccc(OCC(=O)NC(=S)NC23CC4CC(CC(C4)C2)C3)cc1. The van der Waals surface area contributed by atoms with Crippen LogP contribution in [0.1, 0.15) is 63.9 Å². The standard InChI is InChI=1S/C22H30N2O2S/c1-14(2)18-3-5-19(6-4-18)26-13-20(25)23-21(27)24-22-10-15-7-16(11-22)9-17(8-15)12-22/h3-6,14-17H,7-13H2,1-2H3,(H2,23,24,25,27). The van der Waals surface area contributed by atoms with Crippen LogP contribution in [0.15, 0.2) is 24.3 Å². The van der Waals surface area contributed by atoms with Crippen molar-refractivity contribution in [3.8, 4) is 5.75 Å². The highest BCUT2D eigenvalue weighted by molar-refractivity contribution is 7.80. The van der Waals surface area contributed by atoms with Gasteiger partial charge < -0.3 is 15.4 Å². The molecule has 0 unspecified atom stereocenters. The molecule has 0 heterocycles. The molecule has 1 aromatic rings. The number of amides is 1. The topological polar surface area (TPSA) is 50.4 Å². The zero-order valence-corrected chi connectivity index (χ0v) is 17.1. The second kappa shape index (κ2) is 7.42. The first-order valence-electron chi connectivity index (χ1n) is 10.3. The van der Waals surface area contributed by atoms with Crippen molar-refractivity contribution in [1.82, 2.24) is 10.6 Å². The molecule has 0 aromatic heterocycles. The number of benzene rings is 1. The van der Waals surface area contributed by atoms with Gasteiger partial charge in [0.25, 0.3) is 5.91 Å². The van der Waals surface area contributed by atoms with Crippen LogP contribution >= 0.6 is 12.2 Å². The van der Waals surface area contributed by atoms with E-state index in [1.165, 1.54) is 44.1 Å². The molecule has 4 nitrogen and oxygen atoms in total. The Morgan fingerprint density at radius 3 is 2.19 bits per heavy atom. The lowest BCUT2D eigenvalue weighted by molar-refractivity contribution is -0.121. The molecule has 0 aliphatic heterocycles. The van der Waals surface area contributed by atoms with Gasteiger partial charge in [-0.3, -0.25) is 4.79 Å². The minimum absolute atomic E-state index is 0.0241. The first-order chi connectivity index (χ1) is 12.9. The average Bonchev–Trinajstić information content (AvgIpc) is 2.58.